The van der Waals surface area contributed by atoms with Crippen molar-refractivity contribution in [3.8, 4) is 0 Å². The Balaban J connectivity index is 1.72. The van der Waals surface area contributed by atoms with Gasteiger partial charge in [-0.1, -0.05) is 11.2 Å². The minimum atomic E-state index is -0.195. The monoisotopic (exact) mass is 285 g/mol. The van der Waals surface area contributed by atoms with E-state index in [1.54, 1.807) is 18.2 Å². The van der Waals surface area contributed by atoms with Gasteiger partial charge >= 0.3 is 0 Å². The molecule has 2 aromatic rings. The molecular weight excluding hydrogens is 270 g/mol. The van der Waals surface area contributed by atoms with Crippen LogP contribution in [0.1, 0.15) is 32.9 Å². The number of fused-ring (bicyclic) bond motifs is 1. The number of nitrogens with one attached hydrogen (secondary N) is 2. The summed E-state index contributed by atoms with van der Waals surface area (Å²) in [6.45, 7) is 4.01. The largest absolute Gasteiger partial charge is 0.361 e. The van der Waals surface area contributed by atoms with Crippen molar-refractivity contribution in [3.05, 3.63) is 46.3 Å². The van der Waals surface area contributed by atoms with Gasteiger partial charge in [0.1, 0.15) is 5.76 Å². The molecule has 1 aromatic heterocycles. The minimum absolute atomic E-state index is 0.0433. The lowest BCUT2D eigenvalue weighted by molar-refractivity contribution is -0.115. The number of nitrogens with zero attached hydrogens (tertiary/aromatic N) is 1. The quantitative estimate of drug-likeness (QED) is 0.899. The van der Waals surface area contributed by atoms with Gasteiger partial charge in [0, 0.05) is 23.4 Å². The number of rotatable bonds is 3. The highest BCUT2D eigenvalue weighted by atomic mass is 16.5. The number of benzene rings is 1. The van der Waals surface area contributed by atoms with Crippen LogP contribution in [0, 0.1) is 13.8 Å². The van der Waals surface area contributed by atoms with Gasteiger partial charge in [-0.15, -0.1) is 0 Å². The van der Waals surface area contributed by atoms with Crippen LogP contribution in [0.25, 0.3) is 0 Å². The second kappa shape index (κ2) is 5.05. The third kappa shape index (κ3) is 2.52. The van der Waals surface area contributed by atoms with Gasteiger partial charge in [0.25, 0.3) is 5.91 Å². The number of hydrogen-bond acceptors (Lipinski definition) is 4. The molecular formula is C15H15N3O3. The Hall–Kier alpha value is -2.63. The number of carbonyl (C=O) groups excluding carboxylic acids is 2. The molecule has 0 saturated carbocycles. The normalized spacial score (nSPS) is 13.0. The molecule has 1 aliphatic rings. The van der Waals surface area contributed by atoms with E-state index in [0.29, 0.717) is 30.0 Å². The van der Waals surface area contributed by atoms with Crippen molar-refractivity contribution in [2.24, 2.45) is 0 Å². The number of aryl methyl sites for hydroxylation is 2. The summed E-state index contributed by atoms with van der Waals surface area (Å²) < 4.78 is 5.06. The molecule has 108 valence electrons. The van der Waals surface area contributed by atoms with Crippen LogP contribution in [-0.2, 0) is 17.8 Å². The van der Waals surface area contributed by atoms with Crippen molar-refractivity contribution < 1.29 is 14.1 Å². The molecule has 6 heteroatoms. The Morgan fingerprint density at radius 2 is 2.24 bits per heavy atom. The maximum atomic E-state index is 12.2. The highest BCUT2D eigenvalue weighted by molar-refractivity contribution is 6.02. The maximum Gasteiger partial charge on any atom is 0.251 e. The zero-order valence-corrected chi connectivity index (χ0v) is 11.8. The van der Waals surface area contributed by atoms with Gasteiger partial charge in [0.15, 0.2) is 0 Å². The fourth-order valence-electron chi connectivity index (χ4n) is 2.38. The van der Waals surface area contributed by atoms with Gasteiger partial charge in [-0.2, -0.15) is 0 Å². The molecule has 2 amide bonds. The fraction of sp³-hybridized carbons (Fsp3) is 0.267. The fourth-order valence-corrected chi connectivity index (χ4v) is 2.38. The van der Waals surface area contributed by atoms with E-state index in [1.165, 1.54) is 0 Å². The molecule has 0 fully saturated rings. The molecule has 0 aliphatic carbocycles. The van der Waals surface area contributed by atoms with Crippen LogP contribution >= 0.6 is 0 Å². The predicted octanol–water partition coefficient (Wildman–Crippen LogP) is 1.72. The van der Waals surface area contributed by atoms with Gasteiger partial charge in [0.2, 0.25) is 5.91 Å². The van der Waals surface area contributed by atoms with Crippen molar-refractivity contribution in [3.63, 3.8) is 0 Å². The molecule has 3 rings (SSSR count). The standard InChI is InChI=1S/C15H15N3O3/c1-8-12(9(2)21-18-8)7-16-15(20)11-4-3-10-6-14(19)17-13(10)5-11/h3-5H,6-7H2,1-2H3,(H,16,20)(H,17,19). The number of hydrogen-bond donors (Lipinski definition) is 2. The van der Waals surface area contributed by atoms with E-state index in [1.807, 2.05) is 13.8 Å². The van der Waals surface area contributed by atoms with E-state index in [2.05, 4.69) is 15.8 Å². The smallest absolute Gasteiger partial charge is 0.251 e. The number of carbonyl (C=O) groups is 2. The summed E-state index contributed by atoms with van der Waals surface area (Å²) in [6, 6.07) is 5.22. The lowest BCUT2D eigenvalue weighted by Gasteiger charge is -2.06. The molecule has 6 nitrogen and oxygen atoms in total. The topological polar surface area (TPSA) is 84.2 Å². The van der Waals surface area contributed by atoms with Crippen LogP contribution in [-0.4, -0.2) is 17.0 Å². The average molecular weight is 285 g/mol. The molecule has 0 radical (unpaired) electrons. The van der Waals surface area contributed by atoms with Gasteiger partial charge in [0.05, 0.1) is 12.1 Å². The van der Waals surface area contributed by atoms with E-state index < -0.39 is 0 Å². The maximum absolute atomic E-state index is 12.2. The first-order chi connectivity index (χ1) is 10.0. The summed E-state index contributed by atoms with van der Waals surface area (Å²) in [5, 5.41) is 9.42. The Morgan fingerprint density at radius 3 is 2.95 bits per heavy atom. The SMILES string of the molecule is Cc1noc(C)c1CNC(=O)c1ccc2c(c1)NC(=O)C2. The van der Waals surface area contributed by atoms with Crippen LogP contribution < -0.4 is 10.6 Å². The van der Waals surface area contributed by atoms with Crippen LogP contribution in [0.15, 0.2) is 22.7 Å². The molecule has 2 heterocycles. The van der Waals surface area contributed by atoms with Crippen LogP contribution in [0.5, 0.6) is 0 Å². The van der Waals surface area contributed by atoms with Crippen molar-refractivity contribution in [1.29, 1.82) is 0 Å². The second-order valence-corrected chi connectivity index (χ2v) is 5.08. The van der Waals surface area contributed by atoms with E-state index in [0.717, 1.165) is 16.8 Å². The molecule has 0 unspecified atom stereocenters. The highest BCUT2D eigenvalue weighted by Gasteiger charge is 2.19. The van der Waals surface area contributed by atoms with E-state index >= 15 is 0 Å². The molecule has 2 N–H and O–H groups in total. The van der Waals surface area contributed by atoms with E-state index in [9.17, 15) is 9.59 Å². The molecule has 1 aromatic carbocycles. The van der Waals surface area contributed by atoms with E-state index in [-0.39, 0.29) is 11.8 Å². The summed E-state index contributed by atoms with van der Waals surface area (Å²) >= 11 is 0. The number of anilines is 1. The van der Waals surface area contributed by atoms with Gasteiger partial charge in [-0.25, -0.2) is 0 Å². The lowest BCUT2D eigenvalue weighted by atomic mass is 10.1. The molecule has 1 aliphatic heterocycles. The molecule has 0 atom stereocenters. The van der Waals surface area contributed by atoms with Gasteiger partial charge in [-0.3, -0.25) is 9.59 Å². The number of aromatic nitrogens is 1. The predicted molar refractivity (Wildman–Crippen MR) is 75.9 cm³/mol. The van der Waals surface area contributed by atoms with Crippen molar-refractivity contribution in [1.82, 2.24) is 10.5 Å². The zero-order chi connectivity index (χ0) is 15.0. The van der Waals surface area contributed by atoms with Crippen molar-refractivity contribution in [2.75, 3.05) is 5.32 Å². The first-order valence-corrected chi connectivity index (χ1v) is 6.67. The first-order valence-electron chi connectivity index (χ1n) is 6.67. The minimum Gasteiger partial charge on any atom is -0.361 e. The summed E-state index contributed by atoms with van der Waals surface area (Å²) in [7, 11) is 0. The highest BCUT2D eigenvalue weighted by Crippen LogP contribution is 2.24. The summed E-state index contributed by atoms with van der Waals surface area (Å²) in [5.74, 6) is 0.464. The second-order valence-electron chi connectivity index (χ2n) is 5.08. The summed E-state index contributed by atoms with van der Waals surface area (Å²) in [6.07, 6.45) is 0.371. The summed E-state index contributed by atoms with van der Waals surface area (Å²) in [5.41, 5.74) is 3.81. The van der Waals surface area contributed by atoms with E-state index in [4.69, 9.17) is 4.52 Å². The van der Waals surface area contributed by atoms with Gasteiger partial charge < -0.3 is 15.2 Å². The van der Waals surface area contributed by atoms with Crippen LogP contribution in [0.4, 0.5) is 5.69 Å². The Labute approximate surface area is 121 Å². The lowest BCUT2D eigenvalue weighted by Crippen LogP contribution is -2.23. The van der Waals surface area contributed by atoms with Gasteiger partial charge in [-0.05, 0) is 31.5 Å². The Morgan fingerprint density at radius 1 is 1.43 bits per heavy atom. The third-order valence-electron chi connectivity index (χ3n) is 3.60. The summed E-state index contributed by atoms with van der Waals surface area (Å²) in [4.78, 5) is 23.5. The average Bonchev–Trinajstić information content (AvgIpc) is 2.97. The van der Waals surface area contributed by atoms with Crippen molar-refractivity contribution >= 4 is 17.5 Å². The molecule has 0 saturated heterocycles. The first kappa shape index (κ1) is 13.4. The zero-order valence-electron chi connectivity index (χ0n) is 11.8. The van der Waals surface area contributed by atoms with Crippen LogP contribution in [0.2, 0.25) is 0 Å². The third-order valence-corrected chi connectivity index (χ3v) is 3.60. The van der Waals surface area contributed by atoms with Crippen molar-refractivity contribution in [2.45, 2.75) is 26.8 Å². The molecule has 0 bridgehead atoms. The number of amides is 2. The Bertz CT molecular complexity index is 714. The Kier molecular flexibility index (Phi) is 3.21. The molecule has 21 heavy (non-hydrogen) atoms. The molecule has 0 spiro atoms. The van der Waals surface area contributed by atoms with Crippen LogP contribution in [0.3, 0.4) is 0 Å².